The number of nitrogens with zero attached hydrogens (tertiary/aromatic N) is 1. The van der Waals surface area contributed by atoms with E-state index in [-0.39, 0.29) is 6.04 Å². The molecule has 0 aromatic heterocycles. The molecule has 1 aliphatic rings. The van der Waals surface area contributed by atoms with Crippen molar-refractivity contribution in [1.29, 1.82) is 0 Å². The highest BCUT2D eigenvalue weighted by Gasteiger charge is 2.23. The van der Waals surface area contributed by atoms with E-state index < -0.39 is 11.6 Å². The van der Waals surface area contributed by atoms with Crippen molar-refractivity contribution in [2.75, 3.05) is 18.0 Å². The number of halogens is 2. The van der Waals surface area contributed by atoms with Gasteiger partial charge < -0.3 is 10.6 Å². The summed E-state index contributed by atoms with van der Waals surface area (Å²) in [7, 11) is 0. The lowest BCUT2D eigenvalue weighted by Gasteiger charge is -2.19. The van der Waals surface area contributed by atoms with Gasteiger partial charge in [0, 0.05) is 19.1 Å². The molecule has 0 radical (unpaired) electrons. The number of aryl methyl sites for hydroxylation is 1. The maximum Gasteiger partial charge on any atom is 0.182 e. The van der Waals surface area contributed by atoms with Crippen LogP contribution in [-0.4, -0.2) is 19.1 Å². The van der Waals surface area contributed by atoms with Crippen molar-refractivity contribution in [3.63, 3.8) is 0 Å². The van der Waals surface area contributed by atoms with Gasteiger partial charge in [-0.2, -0.15) is 0 Å². The Bertz CT molecular complexity index is 379. The molecule has 1 aromatic rings. The van der Waals surface area contributed by atoms with Gasteiger partial charge in [-0.15, -0.1) is 0 Å². The summed E-state index contributed by atoms with van der Waals surface area (Å²) < 4.78 is 26.9. The molecule has 15 heavy (non-hydrogen) atoms. The lowest BCUT2D eigenvalue weighted by Crippen LogP contribution is -2.27. The highest BCUT2D eigenvalue weighted by atomic mass is 19.2. The Morgan fingerprint density at radius 3 is 2.67 bits per heavy atom. The van der Waals surface area contributed by atoms with Crippen LogP contribution >= 0.6 is 0 Å². The van der Waals surface area contributed by atoms with E-state index in [1.165, 1.54) is 0 Å². The van der Waals surface area contributed by atoms with Crippen LogP contribution in [0.5, 0.6) is 0 Å². The summed E-state index contributed by atoms with van der Waals surface area (Å²) in [5, 5.41) is 0. The van der Waals surface area contributed by atoms with E-state index in [0.717, 1.165) is 6.42 Å². The maximum atomic E-state index is 13.6. The van der Waals surface area contributed by atoms with Gasteiger partial charge in [0.1, 0.15) is 0 Å². The molecule has 0 bridgehead atoms. The Labute approximate surface area is 87.7 Å². The fourth-order valence-electron chi connectivity index (χ4n) is 1.89. The van der Waals surface area contributed by atoms with Crippen molar-refractivity contribution >= 4 is 5.69 Å². The van der Waals surface area contributed by atoms with Crippen LogP contribution in [0, 0.1) is 18.6 Å². The van der Waals surface area contributed by atoms with Crippen LogP contribution in [0.1, 0.15) is 12.0 Å². The van der Waals surface area contributed by atoms with Crippen LogP contribution in [0.4, 0.5) is 14.5 Å². The van der Waals surface area contributed by atoms with Crippen molar-refractivity contribution in [2.24, 2.45) is 5.73 Å². The zero-order valence-corrected chi connectivity index (χ0v) is 8.63. The Morgan fingerprint density at radius 1 is 1.33 bits per heavy atom. The normalized spacial score (nSPS) is 21.1. The van der Waals surface area contributed by atoms with Gasteiger partial charge in [0.25, 0.3) is 0 Å². The molecular weight excluding hydrogens is 198 g/mol. The van der Waals surface area contributed by atoms with Gasteiger partial charge >= 0.3 is 0 Å². The van der Waals surface area contributed by atoms with E-state index in [1.54, 1.807) is 24.0 Å². The third-order valence-electron chi connectivity index (χ3n) is 2.82. The quantitative estimate of drug-likeness (QED) is 0.769. The van der Waals surface area contributed by atoms with E-state index in [2.05, 4.69) is 0 Å². The zero-order chi connectivity index (χ0) is 11.0. The standard InChI is InChI=1S/C11H14F2N2/c1-7-2-3-9(11(13)10(7)12)15-5-4-8(14)6-15/h2-3,8H,4-6,14H2,1H3. The third-order valence-corrected chi connectivity index (χ3v) is 2.82. The molecule has 2 rings (SSSR count). The molecular formula is C11H14F2N2. The van der Waals surface area contributed by atoms with Gasteiger partial charge in [-0.3, -0.25) is 0 Å². The van der Waals surface area contributed by atoms with Crippen molar-refractivity contribution in [3.8, 4) is 0 Å². The molecule has 0 amide bonds. The maximum absolute atomic E-state index is 13.6. The second-order valence-electron chi connectivity index (χ2n) is 4.02. The molecule has 1 atom stereocenters. The second kappa shape index (κ2) is 3.77. The molecule has 82 valence electrons. The monoisotopic (exact) mass is 212 g/mol. The van der Waals surface area contributed by atoms with Gasteiger partial charge in [0.05, 0.1) is 5.69 Å². The van der Waals surface area contributed by atoms with Crippen LogP contribution in [0.3, 0.4) is 0 Å². The van der Waals surface area contributed by atoms with Crippen LogP contribution < -0.4 is 10.6 Å². The molecule has 4 heteroatoms. The van der Waals surface area contributed by atoms with Gasteiger partial charge in [-0.25, -0.2) is 8.78 Å². The number of rotatable bonds is 1. The number of hydrogen-bond donors (Lipinski definition) is 1. The zero-order valence-electron chi connectivity index (χ0n) is 8.63. The first-order chi connectivity index (χ1) is 7.09. The first-order valence-corrected chi connectivity index (χ1v) is 5.04. The minimum Gasteiger partial charge on any atom is -0.367 e. The van der Waals surface area contributed by atoms with Crippen LogP contribution in [-0.2, 0) is 0 Å². The average molecular weight is 212 g/mol. The third kappa shape index (κ3) is 1.81. The van der Waals surface area contributed by atoms with E-state index in [1.807, 2.05) is 0 Å². The summed E-state index contributed by atoms with van der Waals surface area (Å²) >= 11 is 0. The van der Waals surface area contributed by atoms with Crippen LogP contribution in [0.15, 0.2) is 12.1 Å². The lowest BCUT2D eigenvalue weighted by atomic mass is 10.2. The van der Waals surface area contributed by atoms with E-state index in [0.29, 0.717) is 24.3 Å². The van der Waals surface area contributed by atoms with Crippen molar-refractivity contribution in [3.05, 3.63) is 29.3 Å². The highest BCUT2D eigenvalue weighted by Crippen LogP contribution is 2.26. The lowest BCUT2D eigenvalue weighted by molar-refractivity contribution is 0.502. The predicted molar refractivity (Wildman–Crippen MR) is 55.9 cm³/mol. The second-order valence-corrected chi connectivity index (χ2v) is 4.02. The molecule has 0 saturated carbocycles. The van der Waals surface area contributed by atoms with Crippen LogP contribution in [0.2, 0.25) is 0 Å². The molecule has 2 nitrogen and oxygen atoms in total. The smallest absolute Gasteiger partial charge is 0.182 e. The first kappa shape index (κ1) is 10.4. The topological polar surface area (TPSA) is 29.3 Å². The Hall–Kier alpha value is -1.16. The molecule has 1 unspecified atom stereocenters. The van der Waals surface area contributed by atoms with Crippen molar-refractivity contribution < 1.29 is 8.78 Å². The van der Waals surface area contributed by atoms with Crippen molar-refractivity contribution in [1.82, 2.24) is 0 Å². The van der Waals surface area contributed by atoms with Gasteiger partial charge in [-0.05, 0) is 25.0 Å². The molecule has 0 spiro atoms. The molecule has 1 heterocycles. The van der Waals surface area contributed by atoms with Gasteiger partial charge in [-0.1, -0.05) is 6.07 Å². The predicted octanol–water partition coefficient (Wildman–Crippen LogP) is 1.81. The Balaban J connectivity index is 2.33. The summed E-state index contributed by atoms with van der Waals surface area (Å²) in [5.74, 6) is -1.52. The van der Waals surface area contributed by atoms with Gasteiger partial charge in [0.15, 0.2) is 11.6 Å². The average Bonchev–Trinajstić information content (AvgIpc) is 2.61. The molecule has 1 fully saturated rings. The Morgan fingerprint density at radius 2 is 2.07 bits per heavy atom. The number of benzene rings is 1. The SMILES string of the molecule is Cc1ccc(N2CCC(N)C2)c(F)c1F. The van der Waals surface area contributed by atoms with E-state index in [9.17, 15) is 8.78 Å². The summed E-state index contributed by atoms with van der Waals surface area (Å²) in [6.07, 6.45) is 0.828. The Kier molecular flexibility index (Phi) is 2.61. The summed E-state index contributed by atoms with van der Waals surface area (Å²) in [5.41, 5.74) is 6.38. The minimum absolute atomic E-state index is 0.0637. The number of nitrogens with two attached hydrogens (primary N) is 1. The summed E-state index contributed by atoms with van der Waals surface area (Å²) in [6, 6.07) is 3.28. The summed E-state index contributed by atoms with van der Waals surface area (Å²) in [4.78, 5) is 1.79. The van der Waals surface area contributed by atoms with Crippen LogP contribution in [0.25, 0.3) is 0 Å². The molecule has 2 N–H and O–H groups in total. The summed E-state index contributed by atoms with van der Waals surface area (Å²) in [6.45, 7) is 2.85. The number of anilines is 1. The number of hydrogen-bond acceptors (Lipinski definition) is 2. The fraction of sp³-hybridized carbons (Fsp3) is 0.455. The van der Waals surface area contributed by atoms with E-state index >= 15 is 0 Å². The van der Waals surface area contributed by atoms with Gasteiger partial charge in [0.2, 0.25) is 0 Å². The molecule has 0 aliphatic carbocycles. The molecule has 1 saturated heterocycles. The van der Waals surface area contributed by atoms with Crippen molar-refractivity contribution in [2.45, 2.75) is 19.4 Å². The first-order valence-electron chi connectivity index (χ1n) is 5.04. The largest absolute Gasteiger partial charge is 0.367 e. The highest BCUT2D eigenvalue weighted by molar-refractivity contribution is 5.50. The minimum atomic E-state index is -0.760. The molecule has 1 aromatic carbocycles. The van der Waals surface area contributed by atoms with E-state index in [4.69, 9.17) is 5.73 Å². The fourth-order valence-corrected chi connectivity index (χ4v) is 1.89. The molecule has 1 aliphatic heterocycles.